The summed E-state index contributed by atoms with van der Waals surface area (Å²) in [5.41, 5.74) is -1.38. The van der Waals surface area contributed by atoms with Crippen LogP contribution in [0.5, 0.6) is 0 Å². The van der Waals surface area contributed by atoms with E-state index in [1.807, 2.05) is 5.32 Å². The first-order valence-corrected chi connectivity index (χ1v) is 3.79. The van der Waals surface area contributed by atoms with Crippen LogP contribution in [0.3, 0.4) is 0 Å². The summed E-state index contributed by atoms with van der Waals surface area (Å²) in [7, 11) is 1.17. The number of nitrogens with zero attached hydrogens (tertiary/aromatic N) is 1. The number of amides is 1. The van der Waals surface area contributed by atoms with Gasteiger partial charge >= 0.3 is 6.18 Å². The van der Waals surface area contributed by atoms with Crippen LogP contribution in [0.1, 0.15) is 0 Å². The van der Waals surface area contributed by atoms with Gasteiger partial charge in [-0.3, -0.25) is 9.80 Å². The van der Waals surface area contributed by atoms with Crippen LogP contribution in [0.2, 0.25) is 0 Å². The first-order chi connectivity index (χ1) is 6.82. The molecule has 0 radical (unpaired) electrons. The molecule has 0 aliphatic rings. The molecule has 1 amide bonds. The van der Waals surface area contributed by atoms with Crippen molar-refractivity contribution in [1.29, 1.82) is 0 Å². The van der Waals surface area contributed by atoms with Crippen LogP contribution in [-0.4, -0.2) is 37.0 Å². The van der Waals surface area contributed by atoms with E-state index < -0.39 is 24.3 Å². The van der Waals surface area contributed by atoms with Gasteiger partial charge in [0.2, 0.25) is 5.91 Å². The SMILES string of the molecule is CNC(=O)/C=C(\N(N)CC=O)C(F)(F)F. The Kier molecular flexibility index (Phi) is 4.79. The number of rotatable bonds is 4. The number of nitrogens with two attached hydrogens (primary N) is 1. The van der Waals surface area contributed by atoms with Crippen molar-refractivity contribution in [2.75, 3.05) is 13.6 Å². The van der Waals surface area contributed by atoms with Crippen molar-refractivity contribution in [3.8, 4) is 0 Å². The Morgan fingerprint density at radius 1 is 1.53 bits per heavy atom. The maximum atomic E-state index is 12.3. The van der Waals surface area contributed by atoms with Crippen LogP contribution in [0.15, 0.2) is 11.8 Å². The highest BCUT2D eigenvalue weighted by atomic mass is 19.4. The molecule has 0 spiro atoms. The minimum Gasteiger partial charge on any atom is -0.356 e. The fourth-order valence-electron chi connectivity index (χ4n) is 0.703. The second-order valence-electron chi connectivity index (χ2n) is 2.46. The fraction of sp³-hybridized carbons (Fsp3) is 0.429. The Morgan fingerprint density at radius 2 is 2.07 bits per heavy atom. The quantitative estimate of drug-likeness (QED) is 0.294. The van der Waals surface area contributed by atoms with Gasteiger partial charge < -0.3 is 10.1 Å². The van der Waals surface area contributed by atoms with Crippen molar-refractivity contribution < 1.29 is 22.8 Å². The zero-order chi connectivity index (χ0) is 12.1. The third kappa shape index (κ3) is 4.45. The summed E-state index contributed by atoms with van der Waals surface area (Å²) in [6, 6.07) is 0. The largest absolute Gasteiger partial charge is 0.432 e. The monoisotopic (exact) mass is 225 g/mol. The van der Waals surface area contributed by atoms with Gasteiger partial charge in [0.25, 0.3) is 0 Å². The molecule has 0 heterocycles. The summed E-state index contributed by atoms with van der Waals surface area (Å²) < 4.78 is 36.9. The maximum absolute atomic E-state index is 12.3. The van der Waals surface area contributed by atoms with Gasteiger partial charge in [0, 0.05) is 13.1 Å². The number of nitrogens with one attached hydrogen (secondary N) is 1. The van der Waals surface area contributed by atoms with Gasteiger partial charge in [-0.1, -0.05) is 0 Å². The first kappa shape index (κ1) is 13.4. The van der Waals surface area contributed by atoms with Gasteiger partial charge in [0.05, 0.1) is 6.54 Å². The van der Waals surface area contributed by atoms with Crippen molar-refractivity contribution in [3.63, 3.8) is 0 Å². The Bertz CT molecular complexity index is 275. The Morgan fingerprint density at radius 3 is 2.40 bits per heavy atom. The summed E-state index contributed by atoms with van der Waals surface area (Å²) in [5.74, 6) is 4.00. The number of alkyl halides is 3. The number of halogens is 3. The first-order valence-electron chi connectivity index (χ1n) is 3.79. The van der Waals surface area contributed by atoms with Crippen LogP contribution in [0.4, 0.5) is 13.2 Å². The van der Waals surface area contributed by atoms with Crippen molar-refractivity contribution in [3.05, 3.63) is 11.8 Å². The fourth-order valence-corrected chi connectivity index (χ4v) is 0.703. The van der Waals surface area contributed by atoms with Gasteiger partial charge in [0.1, 0.15) is 12.0 Å². The average Bonchev–Trinajstić information content (AvgIpc) is 2.12. The van der Waals surface area contributed by atoms with E-state index in [9.17, 15) is 22.8 Å². The van der Waals surface area contributed by atoms with Crippen molar-refractivity contribution in [2.24, 2.45) is 5.84 Å². The molecule has 0 fully saturated rings. The maximum Gasteiger partial charge on any atom is 0.432 e. The molecule has 0 unspecified atom stereocenters. The van der Waals surface area contributed by atoms with Gasteiger partial charge in [-0.25, -0.2) is 5.84 Å². The normalized spacial score (nSPS) is 12.2. The van der Waals surface area contributed by atoms with Gasteiger partial charge in [-0.15, -0.1) is 0 Å². The second kappa shape index (κ2) is 5.35. The zero-order valence-electron chi connectivity index (χ0n) is 7.84. The molecule has 0 aromatic rings. The molecule has 5 nitrogen and oxygen atoms in total. The van der Waals surface area contributed by atoms with E-state index in [4.69, 9.17) is 5.84 Å². The molecule has 0 bridgehead atoms. The number of likely N-dealkylation sites (N-methyl/N-ethyl adjacent to an activating group) is 1. The number of carbonyl (C=O) groups is 2. The minimum absolute atomic E-state index is 0.155. The minimum atomic E-state index is -4.79. The van der Waals surface area contributed by atoms with Crippen molar-refractivity contribution >= 4 is 12.2 Å². The molecular formula is C7H10F3N3O2. The summed E-state index contributed by atoms with van der Waals surface area (Å²) in [4.78, 5) is 20.7. The van der Waals surface area contributed by atoms with Crippen LogP contribution < -0.4 is 11.2 Å². The number of hydrogen-bond donors (Lipinski definition) is 2. The van der Waals surface area contributed by atoms with E-state index >= 15 is 0 Å². The van der Waals surface area contributed by atoms with E-state index in [2.05, 4.69) is 0 Å². The van der Waals surface area contributed by atoms with Crippen LogP contribution >= 0.6 is 0 Å². The van der Waals surface area contributed by atoms with Crippen molar-refractivity contribution in [1.82, 2.24) is 10.3 Å². The molecular weight excluding hydrogens is 215 g/mol. The summed E-state index contributed by atoms with van der Waals surface area (Å²) in [5, 5.41) is 2.13. The molecule has 0 saturated carbocycles. The second-order valence-corrected chi connectivity index (χ2v) is 2.46. The van der Waals surface area contributed by atoms with E-state index in [1.54, 1.807) is 0 Å². The van der Waals surface area contributed by atoms with E-state index in [0.717, 1.165) is 0 Å². The lowest BCUT2D eigenvalue weighted by atomic mass is 10.3. The predicted molar refractivity (Wildman–Crippen MR) is 45.2 cm³/mol. The molecule has 0 aliphatic heterocycles. The van der Waals surface area contributed by atoms with Crippen LogP contribution in [0, 0.1) is 0 Å². The predicted octanol–water partition coefficient (Wildman–Crippen LogP) is -0.447. The highest BCUT2D eigenvalue weighted by Gasteiger charge is 2.37. The van der Waals surface area contributed by atoms with Gasteiger partial charge in [-0.05, 0) is 0 Å². The third-order valence-corrected chi connectivity index (χ3v) is 1.39. The Labute approximate surface area is 83.7 Å². The van der Waals surface area contributed by atoms with E-state index in [-0.39, 0.29) is 17.4 Å². The smallest absolute Gasteiger partial charge is 0.356 e. The number of hydrazine groups is 1. The number of allylic oxidation sites excluding steroid dienone is 1. The molecule has 0 rings (SSSR count). The highest BCUT2D eigenvalue weighted by molar-refractivity contribution is 5.88. The Hall–Kier alpha value is -1.57. The lowest BCUT2D eigenvalue weighted by Gasteiger charge is -2.21. The number of aldehydes is 1. The van der Waals surface area contributed by atoms with Crippen LogP contribution in [-0.2, 0) is 9.59 Å². The van der Waals surface area contributed by atoms with Gasteiger partial charge in [0.15, 0.2) is 0 Å². The molecule has 0 aromatic carbocycles. The average molecular weight is 225 g/mol. The molecule has 0 atom stereocenters. The third-order valence-electron chi connectivity index (χ3n) is 1.39. The number of carbonyl (C=O) groups excluding carboxylic acids is 2. The standard InChI is InChI=1S/C7H10F3N3O2/c1-12-6(15)4-5(7(8,9)10)13(11)2-3-14/h3-4H,2,11H2,1H3,(H,12,15)/b5-4-. The Balaban J connectivity index is 4.97. The summed E-state index contributed by atoms with van der Waals surface area (Å²) in [6.45, 7) is -0.650. The molecule has 0 aliphatic carbocycles. The van der Waals surface area contributed by atoms with Crippen molar-refractivity contribution in [2.45, 2.75) is 6.18 Å². The molecule has 15 heavy (non-hydrogen) atoms. The highest BCUT2D eigenvalue weighted by Crippen LogP contribution is 2.26. The number of hydrogen-bond acceptors (Lipinski definition) is 4. The van der Waals surface area contributed by atoms with E-state index in [0.29, 0.717) is 0 Å². The summed E-state index contributed by atoms with van der Waals surface area (Å²) in [6.07, 6.45) is -4.31. The topological polar surface area (TPSA) is 75.4 Å². The van der Waals surface area contributed by atoms with E-state index in [1.165, 1.54) is 7.05 Å². The van der Waals surface area contributed by atoms with Gasteiger partial charge in [-0.2, -0.15) is 13.2 Å². The molecule has 86 valence electrons. The zero-order valence-corrected chi connectivity index (χ0v) is 7.84. The molecule has 8 heteroatoms. The van der Waals surface area contributed by atoms with Crippen LogP contribution in [0.25, 0.3) is 0 Å². The molecule has 0 aromatic heterocycles. The summed E-state index contributed by atoms with van der Waals surface area (Å²) >= 11 is 0. The molecule has 3 N–H and O–H groups in total. The lowest BCUT2D eigenvalue weighted by molar-refractivity contribution is -0.123. The molecule has 0 saturated heterocycles. The lowest BCUT2D eigenvalue weighted by Crippen LogP contribution is -2.39.